The minimum atomic E-state index is 0.389. The van der Waals surface area contributed by atoms with E-state index in [4.69, 9.17) is 10.2 Å². The molecule has 2 aromatic rings. The Kier molecular flexibility index (Phi) is 1.54. The molecular weight excluding hydrogens is 170 g/mol. The van der Waals surface area contributed by atoms with Crippen molar-refractivity contribution in [3.63, 3.8) is 0 Å². The van der Waals surface area contributed by atoms with Gasteiger partial charge in [0.15, 0.2) is 0 Å². The van der Waals surface area contributed by atoms with E-state index < -0.39 is 0 Å². The zero-order valence-corrected chi connectivity index (χ0v) is 7.35. The number of aromatic nitrogens is 4. The molecule has 0 aliphatic rings. The Morgan fingerprint density at radius 2 is 2.31 bits per heavy atom. The first-order chi connectivity index (χ1) is 6.20. The van der Waals surface area contributed by atoms with Crippen molar-refractivity contribution < 1.29 is 4.42 Å². The zero-order valence-electron chi connectivity index (χ0n) is 7.35. The molecule has 0 amide bonds. The Balaban J connectivity index is 2.64. The van der Waals surface area contributed by atoms with Crippen LogP contribution in [0.15, 0.2) is 10.8 Å². The van der Waals surface area contributed by atoms with E-state index in [2.05, 4.69) is 15.3 Å². The minimum absolute atomic E-state index is 0.389. The molecule has 0 unspecified atom stereocenters. The maximum absolute atomic E-state index is 5.78. The fourth-order valence-corrected chi connectivity index (χ4v) is 1.20. The largest absolute Gasteiger partial charge is 0.422 e. The normalized spacial score (nSPS) is 10.6. The third kappa shape index (κ3) is 1.07. The number of nitrogens with zero attached hydrogens (tertiary/aromatic N) is 4. The van der Waals surface area contributed by atoms with Crippen molar-refractivity contribution in [3.8, 4) is 11.6 Å². The van der Waals surface area contributed by atoms with E-state index in [1.807, 2.05) is 6.92 Å². The minimum Gasteiger partial charge on any atom is -0.422 e. The Morgan fingerprint density at radius 1 is 1.54 bits per heavy atom. The van der Waals surface area contributed by atoms with Crippen LogP contribution in [-0.4, -0.2) is 20.0 Å². The van der Waals surface area contributed by atoms with Crippen molar-refractivity contribution >= 4 is 5.69 Å². The lowest BCUT2D eigenvalue weighted by Gasteiger charge is -1.95. The average Bonchev–Trinajstić information content (AvgIpc) is 2.63. The third-order valence-corrected chi connectivity index (χ3v) is 1.83. The summed E-state index contributed by atoms with van der Waals surface area (Å²) in [7, 11) is 1.78. The lowest BCUT2D eigenvalue weighted by Crippen LogP contribution is -1.95. The van der Waals surface area contributed by atoms with Crippen LogP contribution in [0.2, 0.25) is 0 Å². The van der Waals surface area contributed by atoms with Gasteiger partial charge in [0.05, 0.1) is 11.4 Å². The van der Waals surface area contributed by atoms with Gasteiger partial charge in [-0.1, -0.05) is 0 Å². The molecule has 0 saturated carbocycles. The molecule has 6 heteroatoms. The standard InChI is InChI=1S/C7H9N5O/c1-4-5(8)6(12(2)11-4)7-10-9-3-13-7/h3H,8H2,1-2H3. The van der Waals surface area contributed by atoms with E-state index in [9.17, 15) is 0 Å². The predicted molar refractivity (Wildman–Crippen MR) is 45.6 cm³/mol. The second-order valence-corrected chi connectivity index (χ2v) is 2.72. The first-order valence-corrected chi connectivity index (χ1v) is 3.75. The number of anilines is 1. The van der Waals surface area contributed by atoms with Crippen LogP contribution in [0.4, 0.5) is 5.69 Å². The van der Waals surface area contributed by atoms with E-state index in [-0.39, 0.29) is 0 Å². The van der Waals surface area contributed by atoms with Gasteiger partial charge in [-0.3, -0.25) is 4.68 Å². The van der Waals surface area contributed by atoms with E-state index in [0.29, 0.717) is 17.3 Å². The van der Waals surface area contributed by atoms with Gasteiger partial charge in [-0.25, -0.2) is 0 Å². The number of hydrogen-bond acceptors (Lipinski definition) is 5. The molecule has 0 aromatic carbocycles. The van der Waals surface area contributed by atoms with E-state index >= 15 is 0 Å². The van der Waals surface area contributed by atoms with Crippen LogP contribution in [0.1, 0.15) is 5.69 Å². The fraction of sp³-hybridized carbons (Fsp3) is 0.286. The van der Waals surface area contributed by atoms with Gasteiger partial charge in [-0.2, -0.15) is 5.10 Å². The van der Waals surface area contributed by atoms with Crippen LogP contribution in [0.3, 0.4) is 0 Å². The van der Waals surface area contributed by atoms with Crippen molar-refractivity contribution in [2.75, 3.05) is 5.73 Å². The maximum Gasteiger partial charge on any atom is 0.267 e. The smallest absolute Gasteiger partial charge is 0.267 e. The van der Waals surface area contributed by atoms with Crippen LogP contribution in [-0.2, 0) is 7.05 Å². The van der Waals surface area contributed by atoms with Crippen molar-refractivity contribution in [1.82, 2.24) is 20.0 Å². The van der Waals surface area contributed by atoms with Gasteiger partial charge in [-0.05, 0) is 6.92 Å². The lowest BCUT2D eigenvalue weighted by atomic mass is 10.3. The summed E-state index contributed by atoms with van der Waals surface area (Å²) in [6.07, 6.45) is 1.26. The van der Waals surface area contributed by atoms with Crippen molar-refractivity contribution in [3.05, 3.63) is 12.1 Å². The molecule has 0 spiro atoms. The molecule has 2 heterocycles. The Morgan fingerprint density at radius 3 is 2.77 bits per heavy atom. The quantitative estimate of drug-likeness (QED) is 0.683. The highest BCUT2D eigenvalue weighted by atomic mass is 16.4. The fourth-order valence-electron chi connectivity index (χ4n) is 1.20. The molecule has 0 atom stereocenters. The van der Waals surface area contributed by atoms with Crippen molar-refractivity contribution in [2.45, 2.75) is 6.92 Å². The molecule has 0 bridgehead atoms. The summed E-state index contributed by atoms with van der Waals surface area (Å²) in [5, 5.41) is 11.5. The SMILES string of the molecule is Cc1nn(C)c(-c2nnco2)c1N. The molecule has 6 nitrogen and oxygen atoms in total. The number of nitrogens with two attached hydrogens (primary N) is 1. The summed E-state index contributed by atoms with van der Waals surface area (Å²) in [6, 6.07) is 0. The van der Waals surface area contributed by atoms with Gasteiger partial charge >= 0.3 is 0 Å². The Bertz CT molecular complexity index is 416. The molecule has 68 valence electrons. The summed E-state index contributed by atoms with van der Waals surface area (Å²) in [6.45, 7) is 1.83. The van der Waals surface area contributed by atoms with E-state index in [1.54, 1.807) is 11.7 Å². The predicted octanol–water partition coefficient (Wildman–Crippen LogP) is 0.361. The summed E-state index contributed by atoms with van der Waals surface area (Å²) in [5.74, 6) is 0.389. The van der Waals surface area contributed by atoms with Gasteiger partial charge in [0.2, 0.25) is 6.39 Å². The van der Waals surface area contributed by atoms with Gasteiger partial charge in [0.1, 0.15) is 5.69 Å². The third-order valence-electron chi connectivity index (χ3n) is 1.83. The van der Waals surface area contributed by atoms with E-state index in [1.165, 1.54) is 6.39 Å². The molecule has 2 aromatic heterocycles. The molecule has 2 N–H and O–H groups in total. The highest BCUT2D eigenvalue weighted by Crippen LogP contribution is 2.25. The average molecular weight is 179 g/mol. The van der Waals surface area contributed by atoms with Gasteiger partial charge in [0, 0.05) is 7.05 Å². The van der Waals surface area contributed by atoms with Crippen LogP contribution < -0.4 is 5.73 Å². The number of aryl methyl sites for hydroxylation is 2. The summed E-state index contributed by atoms with van der Waals surface area (Å²) in [5.41, 5.74) is 7.78. The number of rotatable bonds is 1. The van der Waals surface area contributed by atoms with Crippen LogP contribution in [0.5, 0.6) is 0 Å². The second-order valence-electron chi connectivity index (χ2n) is 2.72. The van der Waals surface area contributed by atoms with Gasteiger partial charge in [0.25, 0.3) is 5.89 Å². The number of hydrogen-bond donors (Lipinski definition) is 1. The highest BCUT2D eigenvalue weighted by Gasteiger charge is 2.15. The molecule has 0 fully saturated rings. The first kappa shape index (κ1) is 7.78. The Hall–Kier alpha value is -1.85. The molecule has 0 aliphatic carbocycles. The first-order valence-electron chi connectivity index (χ1n) is 3.75. The maximum atomic E-state index is 5.78. The second kappa shape index (κ2) is 2.58. The molecule has 13 heavy (non-hydrogen) atoms. The van der Waals surface area contributed by atoms with Crippen LogP contribution >= 0.6 is 0 Å². The summed E-state index contributed by atoms with van der Waals surface area (Å²) < 4.78 is 6.65. The van der Waals surface area contributed by atoms with Gasteiger partial charge < -0.3 is 10.2 Å². The lowest BCUT2D eigenvalue weighted by molar-refractivity contribution is 0.560. The molecule has 0 saturated heterocycles. The summed E-state index contributed by atoms with van der Waals surface area (Å²) in [4.78, 5) is 0. The molecule has 0 radical (unpaired) electrons. The van der Waals surface area contributed by atoms with Crippen LogP contribution in [0, 0.1) is 6.92 Å². The Labute approximate surface area is 74.4 Å². The van der Waals surface area contributed by atoms with E-state index in [0.717, 1.165) is 5.69 Å². The number of nitrogen functional groups attached to an aromatic ring is 1. The zero-order chi connectivity index (χ0) is 9.42. The molecular formula is C7H9N5O. The van der Waals surface area contributed by atoms with Gasteiger partial charge in [-0.15, -0.1) is 10.2 Å². The summed E-state index contributed by atoms with van der Waals surface area (Å²) >= 11 is 0. The van der Waals surface area contributed by atoms with Crippen molar-refractivity contribution in [2.24, 2.45) is 7.05 Å². The highest BCUT2D eigenvalue weighted by molar-refractivity contribution is 5.68. The molecule has 2 rings (SSSR count). The monoisotopic (exact) mass is 179 g/mol. The van der Waals surface area contributed by atoms with Crippen LogP contribution in [0.25, 0.3) is 11.6 Å². The molecule has 0 aliphatic heterocycles. The van der Waals surface area contributed by atoms with Crippen molar-refractivity contribution in [1.29, 1.82) is 0 Å². The topological polar surface area (TPSA) is 82.8 Å².